The summed E-state index contributed by atoms with van der Waals surface area (Å²) in [6.07, 6.45) is 2.45. The number of aromatic nitrogens is 2. The molecule has 4 N–H and O–H groups in total. The second-order valence-corrected chi connectivity index (χ2v) is 13.3. The molecule has 2 saturated carbocycles. The van der Waals surface area contributed by atoms with Crippen molar-refractivity contribution in [2.75, 3.05) is 45.7 Å². The summed E-state index contributed by atoms with van der Waals surface area (Å²) in [5.41, 5.74) is 1.19. The van der Waals surface area contributed by atoms with E-state index in [1.165, 1.54) is 19.2 Å². The average molecular weight is 658 g/mol. The molecule has 2 heterocycles. The Hall–Kier alpha value is -3.46. The van der Waals surface area contributed by atoms with Gasteiger partial charge in [0.05, 0.1) is 11.7 Å². The number of hydrogen-bond acceptors (Lipinski definition) is 10. The first-order valence-corrected chi connectivity index (χ1v) is 16.7. The molecule has 5 atom stereocenters. The van der Waals surface area contributed by atoms with Crippen molar-refractivity contribution >= 4 is 23.4 Å². The van der Waals surface area contributed by atoms with Crippen molar-refractivity contribution in [3.05, 3.63) is 41.0 Å². The molecule has 47 heavy (non-hydrogen) atoms. The number of halogens is 1. The highest BCUT2D eigenvalue weighted by Gasteiger charge is 2.48. The molecule has 13 nitrogen and oxygen atoms in total. The standard InChI is InChI=1S/C33H48FN7O6/c1-6-24-28(39-47-38-24)31(43)37-29(26(20-7-8-20)21-9-10-21)32(44)35-25-12-11-22(17-23(25)34)18(2)27(36-30(42)19(3)46-5)33(45)41-15-13-40(4)14-16-41/h11-12,17-21,26-27,29,31,37,43H,6-10,13-16H2,1-5H3,(H,35,44)(H,36,42)/t18-,19-,27+,29-,31?/m0/s1. The summed E-state index contributed by atoms with van der Waals surface area (Å²) in [4.78, 5) is 44.2. The molecule has 0 bridgehead atoms. The minimum atomic E-state index is -1.29. The summed E-state index contributed by atoms with van der Waals surface area (Å²) < 4.78 is 25.7. The Bertz CT molecular complexity index is 1400. The number of piperazine rings is 1. The van der Waals surface area contributed by atoms with Crippen molar-refractivity contribution in [3.63, 3.8) is 0 Å². The van der Waals surface area contributed by atoms with Crippen LogP contribution in [0.25, 0.3) is 0 Å². The van der Waals surface area contributed by atoms with Crippen molar-refractivity contribution in [3.8, 4) is 0 Å². The number of nitrogens with one attached hydrogen (secondary N) is 3. The van der Waals surface area contributed by atoms with E-state index in [9.17, 15) is 19.5 Å². The molecule has 3 amide bonds. The van der Waals surface area contributed by atoms with Gasteiger partial charge < -0.3 is 30.3 Å². The molecule has 5 rings (SSSR count). The first-order chi connectivity index (χ1) is 22.5. The second-order valence-electron chi connectivity index (χ2n) is 13.3. The van der Waals surface area contributed by atoms with Gasteiger partial charge in [0.15, 0.2) is 11.9 Å². The van der Waals surface area contributed by atoms with Crippen molar-refractivity contribution in [1.29, 1.82) is 0 Å². The largest absolute Gasteiger partial charge is 0.372 e. The fraction of sp³-hybridized carbons (Fsp3) is 0.667. The molecular formula is C33H48FN7O6. The first kappa shape index (κ1) is 34.9. The molecule has 2 aromatic rings. The number of amides is 3. The molecule has 3 aliphatic rings. The molecule has 0 radical (unpaired) electrons. The molecule has 1 aromatic heterocycles. The lowest BCUT2D eigenvalue weighted by Crippen LogP contribution is -2.56. The molecule has 2 aliphatic carbocycles. The van der Waals surface area contributed by atoms with Crippen molar-refractivity contribution < 1.29 is 33.2 Å². The zero-order valence-corrected chi connectivity index (χ0v) is 27.9. The number of rotatable bonds is 15. The van der Waals surface area contributed by atoms with Crippen LogP contribution in [0.2, 0.25) is 0 Å². The quantitative estimate of drug-likeness (QED) is 0.209. The van der Waals surface area contributed by atoms with E-state index in [0.29, 0.717) is 55.7 Å². The van der Waals surface area contributed by atoms with E-state index >= 15 is 4.39 Å². The molecular weight excluding hydrogens is 609 g/mol. The van der Waals surface area contributed by atoms with E-state index in [1.54, 1.807) is 24.8 Å². The van der Waals surface area contributed by atoms with Gasteiger partial charge in [0.25, 0.3) is 0 Å². The number of anilines is 1. The fourth-order valence-corrected chi connectivity index (χ4v) is 6.49. The molecule has 1 aliphatic heterocycles. The van der Waals surface area contributed by atoms with Gasteiger partial charge in [-0.25, -0.2) is 9.02 Å². The number of aryl methyl sites for hydroxylation is 1. The third kappa shape index (κ3) is 8.34. The Morgan fingerprint density at radius 2 is 1.70 bits per heavy atom. The summed E-state index contributed by atoms with van der Waals surface area (Å²) >= 11 is 0. The lowest BCUT2D eigenvalue weighted by molar-refractivity contribution is -0.140. The van der Waals surface area contributed by atoms with E-state index in [4.69, 9.17) is 9.37 Å². The minimum absolute atomic E-state index is 0.0172. The Labute approximate surface area is 274 Å². The van der Waals surface area contributed by atoms with E-state index < -0.39 is 48.0 Å². The Kier molecular flexibility index (Phi) is 11.3. The zero-order chi connectivity index (χ0) is 33.8. The molecule has 1 saturated heterocycles. The fourth-order valence-electron chi connectivity index (χ4n) is 6.49. The predicted molar refractivity (Wildman–Crippen MR) is 170 cm³/mol. The van der Waals surface area contributed by atoms with Gasteiger partial charge in [-0.2, -0.15) is 0 Å². The van der Waals surface area contributed by atoms with Crippen LogP contribution in [0, 0.1) is 23.6 Å². The van der Waals surface area contributed by atoms with Gasteiger partial charge in [0.2, 0.25) is 17.7 Å². The number of benzene rings is 1. The van der Waals surface area contributed by atoms with E-state index in [0.717, 1.165) is 25.7 Å². The summed E-state index contributed by atoms with van der Waals surface area (Å²) in [5, 5.41) is 27.4. The topological polar surface area (TPSA) is 162 Å². The molecule has 1 unspecified atom stereocenters. The number of carbonyl (C=O) groups excluding carboxylic acids is 3. The maximum atomic E-state index is 15.7. The SMILES string of the molecule is CCc1nonc1C(O)N[C@H](C(=O)Nc1ccc([C@H](C)[C@@H](NC(=O)[C@H](C)OC)C(=O)N2CCN(C)CC2)cc1F)C(C1CC1)C1CC1. The molecule has 1 aromatic carbocycles. The Morgan fingerprint density at radius 3 is 2.28 bits per heavy atom. The van der Waals surface area contributed by atoms with Crippen LogP contribution in [0.15, 0.2) is 22.8 Å². The number of aliphatic hydroxyl groups is 1. The van der Waals surface area contributed by atoms with E-state index in [-0.39, 0.29) is 23.2 Å². The summed E-state index contributed by atoms with van der Waals surface area (Å²) in [6, 6.07) is 2.68. The van der Waals surface area contributed by atoms with Crippen molar-refractivity contribution in [2.45, 2.75) is 83.2 Å². The lowest BCUT2D eigenvalue weighted by atomic mass is 9.88. The third-order valence-corrected chi connectivity index (χ3v) is 9.90. The Morgan fingerprint density at radius 1 is 1.04 bits per heavy atom. The highest BCUT2D eigenvalue weighted by Crippen LogP contribution is 2.51. The average Bonchev–Trinajstić information content (AvgIpc) is 4.02. The third-order valence-electron chi connectivity index (χ3n) is 9.90. The number of methoxy groups -OCH3 is 1. The van der Waals surface area contributed by atoms with Gasteiger partial charge in [-0.05, 0) is 81.5 Å². The summed E-state index contributed by atoms with van der Waals surface area (Å²) in [7, 11) is 3.40. The van der Waals surface area contributed by atoms with Gasteiger partial charge >= 0.3 is 0 Å². The van der Waals surface area contributed by atoms with Gasteiger partial charge in [-0.1, -0.05) is 30.2 Å². The van der Waals surface area contributed by atoms with E-state index in [2.05, 4.69) is 31.2 Å². The number of aliphatic hydroxyl groups excluding tert-OH is 1. The predicted octanol–water partition coefficient (Wildman–Crippen LogP) is 2.19. The van der Waals surface area contributed by atoms with Gasteiger partial charge in [0.1, 0.15) is 23.7 Å². The van der Waals surface area contributed by atoms with E-state index in [1.807, 2.05) is 14.0 Å². The normalized spacial score (nSPS) is 20.4. The number of likely N-dealkylation sites (N-methyl/N-ethyl adjacent to an activating group) is 1. The highest BCUT2D eigenvalue weighted by atomic mass is 19.1. The summed E-state index contributed by atoms with van der Waals surface area (Å²) in [5.74, 6) is -1.72. The first-order valence-electron chi connectivity index (χ1n) is 16.7. The minimum Gasteiger partial charge on any atom is -0.372 e. The molecule has 258 valence electrons. The number of hydrogen-bond donors (Lipinski definition) is 4. The molecule has 14 heteroatoms. The number of nitrogens with zero attached hydrogens (tertiary/aromatic N) is 4. The van der Waals surface area contributed by atoms with Crippen LogP contribution in [0.5, 0.6) is 0 Å². The smallest absolute Gasteiger partial charge is 0.249 e. The Balaban J connectivity index is 1.34. The maximum Gasteiger partial charge on any atom is 0.249 e. The van der Waals surface area contributed by atoms with Crippen molar-refractivity contribution in [2.24, 2.45) is 17.8 Å². The second kappa shape index (κ2) is 15.2. The van der Waals surface area contributed by atoms with Crippen LogP contribution in [-0.4, -0.2) is 101 Å². The van der Waals surface area contributed by atoms with Crippen molar-refractivity contribution in [1.82, 2.24) is 30.7 Å². The van der Waals surface area contributed by atoms with Crippen LogP contribution in [0.3, 0.4) is 0 Å². The number of ether oxygens (including phenoxy) is 1. The monoisotopic (exact) mass is 657 g/mol. The van der Waals surface area contributed by atoms with Gasteiger partial charge in [-0.15, -0.1) is 0 Å². The van der Waals surface area contributed by atoms with Crippen LogP contribution in [0.1, 0.15) is 75.6 Å². The summed E-state index contributed by atoms with van der Waals surface area (Å²) in [6.45, 7) is 7.69. The van der Waals surface area contributed by atoms with Gasteiger partial charge in [0, 0.05) is 39.2 Å². The van der Waals surface area contributed by atoms with Crippen LogP contribution in [-0.2, 0) is 25.5 Å². The van der Waals surface area contributed by atoms with Crippen LogP contribution >= 0.6 is 0 Å². The highest BCUT2D eigenvalue weighted by molar-refractivity contribution is 5.95. The van der Waals surface area contributed by atoms with Crippen LogP contribution in [0.4, 0.5) is 10.1 Å². The molecule has 3 fully saturated rings. The molecule has 0 spiro atoms. The maximum absolute atomic E-state index is 15.7. The lowest BCUT2D eigenvalue weighted by Gasteiger charge is -2.36. The van der Waals surface area contributed by atoms with Gasteiger partial charge in [-0.3, -0.25) is 19.7 Å². The number of carbonyl (C=O) groups is 3. The zero-order valence-electron chi connectivity index (χ0n) is 27.9. The van der Waals surface area contributed by atoms with Crippen LogP contribution < -0.4 is 16.0 Å².